The van der Waals surface area contributed by atoms with E-state index in [2.05, 4.69) is 10.2 Å². The molecule has 2 aromatic carbocycles. The minimum atomic E-state index is -0.737. The number of ether oxygens (including phenoxy) is 2. The second-order valence-electron chi connectivity index (χ2n) is 6.65. The molecular weight excluding hydrogens is 378 g/mol. The van der Waals surface area contributed by atoms with Gasteiger partial charge >= 0.3 is 5.97 Å². The van der Waals surface area contributed by atoms with Crippen LogP contribution in [0.15, 0.2) is 52.9 Å². The Kier molecular flexibility index (Phi) is 4.94. The Morgan fingerprint density at radius 2 is 1.97 bits per heavy atom. The Morgan fingerprint density at radius 3 is 2.72 bits per heavy atom. The van der Waals surface area contributed by atoms with E-state index >= 15 is 0 Å². The van der Waals surface area contributed by atoms with E-state index < -0.39 is 22.9 Å². The van der Waals surface area contributed by atoms with Crippen molar-refractivity contribution in [2.24, 2.45) is 5.92 Å². The number of para-hydroxylation sites is 1. The van der Waals surface area contributed by atoms with E-state index in [0.717, 1.165) is 11.3 Å². The van der Waals surface area contributed by atoms with Gasteiger partial charge in [0.15, 0.2) is 6.10 Å². The number of fused-ring (bicyclic) bond motifs is 1. The van der Waals surface area contributed by atoms with Gasteiger partial charge in [-0.2, -0.15) is 0 Å². The zero-order chi connectivity index (χ0) is 20.4. The first-order valence-corrected chi connectivity index (χ1v) is 9.00. The van der Waals surface area contributed by atoms with Gasteiger partial charge in [-0.05, 0) is 37.1 Å². The lowest BCUT2D eigenvalue weighted by Gasteiger charge is -2.24. The topological polar surface area (TPSA) is 118 Å². The van der Waals surface area contributed by atoms with Crippen LogP contribution < -0.4 is 4.74 Å². The minimum absolute atomic E-state index is 0.0351. The second kappa shape index (κ2) is 7.70. The highest BCUT2D eigenvalue weighted by Crippen LogP contribution is 2.29. The molecule has 0 saturated heterocycles. The van der Waals surface area contributed by atoms with Crippen LogP contribution in [-0.2, 0) is 16.0 Å². The highest BCUT2D eigenvalue weighted by atomic mass is 16.6. The van der Waals surface area contributed by atoms with Crippen molar-refractivity contribution in [1.29, 1.82) is 0 Å². The van der Waals surface area contributed by atoms with E-state index in [4.69, 9.17) is 13.9 Å². The van der Waals surface area contributed by atoms with Crippen LogP contribution in [0.4, 0.5) is 5.69 Å². The third kappa shape index (κ3) is 3.93. The Bertz CT molecular complexity index is 1050. The molecule has 0 unspecified atom stereocenters. The van der Waals surface area contributed by atoms with E-state index in [1.54, 1.807) is 6.92 Å². The summed E-state index contributed by atoms with van der Waals surface area (Å²) in [6.07, 6.45) is -0.196. The van der Waals surface area contributed by atoms with Crippen molar-refractivity contribution >= 4 is 11.7 Å². The molecule has 0 amide bonds. The summed E-state index contributed by atoms with van der Waals surface area (Å²) in [4.78, 5) is 22.8. The molecule has 29 heavy (non-hydrogen) atoms. The number of nitrogens with zero attached hydrogens (tertiary/aromatic N) is 3. The number of esters is 1. The van der Waals surface area contributed by atoms with Crippen LogP contribution in [0.25, 0.3) is 11.5 Å². The first-order valence-electron chi connectivity index (χ1n) is 9.00. The normalized spacial score (nSPS) is 16.4. The molecule has 0 aliphatic carbocycles. The van der Waals surface area contributed by atoms with E-state index in [9.17, 15) is 14.9 Å². The number of benzene rings is 2. The predicted molar refractivity (Wildman–Crippen MR) is 100 cm³/mol. The minimum Gasteiger partial charge on any atom is -0.492 e. The van der Waals surface area contributed by atoms with E-state index in [1.165, 1.54) is 24.3 Å². The highest BCUT2D eigenvalue weighted by Gasteiger charge is 2.29. The Labute approximate surface area is 165 Å². The molecule has 9 nitrogen and oxygen atoms in total. The number of hydrogen-bond acceptors (Lipinski definition) is 8. The van der Waals surface area contributed by atoms with Crippen LogP contribution in [-0.4, -0.2) is 27.7 Å². The Hall–Kier alpha value is -3.75. The van der Waals surface area contributed by atoms with Gasteiger partial charge in [0.1, 0.15) is 12.4 Å². The number of carbonyl (C=O) groups excluding carboxylic acids is 1. The highest BCUT2D eigenvalue weighted by molar-refractivity contribution is 5.74. The smallest absolute Gasteiger partial charge is 0.313 e. The molecule has 0 radical (unpaired) electrons. The SMILES string of the molecule is C[C@@H](OC(=O)[C@H]1COc2ccccc2C1)c1nnc(-c2ccc([N+](=O)[O-])cc2)o1. The molecule has 0 fully saturated rings. The average Bonchev–Trinajstić information content (AvgIpc) is 3.24. The van der Waals surface area contributed by atoms with Crippen molar-refractivity contribution < 1.29 is 23.6 Å². The maximum atomic E-state index is 12.5. The third-order valence-electron chi connectivity index (χ3n) is 4.62. The lowest BCUT2D eigenvalue weighted by molar-refractivity contribution is -0.384. The van der Waals surface area contributed by atoms with Gasteiger partial charge in [-0.1, -0.05) is 18.2 Å². The number of rotatable bonds is 5. The molecule has 2 atom stereocenters. The van der Waals surface area contributed by atoms with Gasteiger partial charge in [-0.15, -0.1) is 10.2 Å². The first-order chi connectivity index (χ1) is 14.0. The van der Waals surface area contributed by atoms with Crippen molar-refractivity contribution in [1.82, 2.24) is 10.2 Å². The monoisotopic (exact) mass is 395 g/mol. The maximum absolute atomic E-state index is 12.5. The summed E-state index contributed by atoms with van der Waals surface area (Å²) < 4.78 is 16.7. The summed E-state index contributed by atoms with van der Waals surface area (Å²) in [5.41, 5.74) is 1.46. The summed E-state index contributed by atoms with van der Waals surface area (Å²) in [6.45, 7) is 1.89. The van der Waals surface area contributed by atoms with Crippen molar-refractivity contribution in [3.63, 3.8) is 0 Å². The van der Waals surface area contributed by atoms with Crippen LogP contribution >= 0.6 is 0 Å². The number of nitro benzene ring substituents is 1. The second-order valence-corrected chi connectivity index (χ2v) is 6.65. The molecule has 0 saturated carbocycles. The van der Waals surface area contributed by atoms with Crippen LogP contribution in [0, 0.1) is 16.0 Å². The van der Waals surface area contributed by atoms with Crippen molar-refractivity contribution in [3.8, 4) is 17.2 Å². The zero-order valence-electron chi connectivity index (χ0n) is 15.5. The van der Waals surface area contributed by atoms with Gasteiger partial charge in [0, 0.05) is 17.7 Å². The maximum Gasteiger partial charge on any atom is 0.313 e. The quantitative estimate of drug-likeness (QED) is 0.366. The van der Waals surface area contributed by atoms with Crippen molar-refractivity contribution in [2.45, 2.75) is 19.4 Å². The lowest BCUT2D eigenvalue weighted by atomic mass is 9.97. The van der Waals surface area contributed by atoms with Gasteiger partial charge in [-0.3, -0.25) is 14.9 Å². The number of aromatic nitrogens is 2. The molecule has 0 N–H and O–H groups in total. The molecule has 1 aliphatic rings. The standard InChI is InChI=1S/C20H17N3O6/c1-12(28-20(24)15-10-14-4-2-3-5-17(14)27-11-15)18-21-22-19(29-18)13-6-8-16(9-7-13)23(25)26/h2-9,12,15H,10-11H2,1H3/t12-,15-/m1/s1. The summed E-state index contributed by atoms with van der Waals surface area (Å²) in [5.74, 6) is 0.303. The molecule has 3 aromatic rings. The molecule has 2 heterocycles. The molecular formula is C20H17N3O6. The van der Waals surface area contributed by atoms with Gasteiger partial charge in [-0.25, -0.2) is 0 Å². The molecule has 148 valence electrons. The molecule has 4 rings (SSSR count). The van der Waals surface area contributed by atoms with E-state index in [-0.39, 0.29) is 24.1 Å². The molecule has 0 spiro atoms. The molecule has 9 heteroatoms. The third-order valence-corrected chi connectivity index (χ3v) is 4.62. The Morgan fingerprint density at radius 1 is 1.21 bits per heavy atom. The number of nitro groups is 1. The van der Waals surface area contributed by atoms with Crippen LogP contribution in [0.5, 0.6) is 5.75 Å². The van der Waals surface area contributed by atoms with Gasteiger partial charge in [0.25, 0.3) is 11.6 Å². The fraction of sp³-hybridized carbons (Fsp3) is 0.250. The number of carbonyl (C=O) groups is 1. The summed E-state index contributed by atoms with van der Waals surface area (Å²) >= 11 is 0. The Balaban J connectivity index is 1.41. The molecule has 0 bridgehead atoms. The largest absolute Gasteiger partial charge is 0.492 e. The van der Waals surface area contributed by atoms with E-state index in [1.807, 2.05) is 24.3 Å². The van der Waals surface area contributed by atoms with E-state index in [0.29, 0.717) is 12.0 Å². The summed E-state index contributed by atoms with van der Waals surface area (Å²) in [7, 11) is 0. The lowest BCUT2D eigenvalue weighted by Crippen LogP contribution is -2.30. The predicted octanol–water partition coefficient (Wildman–Crippen LogP) is 3.50. The first kappa shape index (κ1) is 18.6. The fourth-order valence-electron chi connectivity index (χ4n) is 3.04. The van der Waals surface area contributed by atoms with Gasteiger partial charge in [0.2, 0.25) is 5.89 Å². The van der Waals surface area contributed by atoms with Gasteiger partial charge in [0.05, 0.1) is 10.8 Å². The fourth-order valence-corrected chi connectivity index (χ4v) is 3.04. The summed E-state index contributed by atoms with van der Waals surface area (Å²) in [5, 5.41) is 18.6. The summed E-state index contributed by atoms with van der Waals surface area (Å²) in [6, 6.07) is 13.3. The van der Waals surface area contributed by atoms with Gasteiger partial charge < -0.3 is 13.9 Å². The number of hydrogen-bond donors (Lipinski definition) is 0. The van der Waals surface area contributed by atoms with Crippen LogP contribution in [0.2, 0.25) is 0 Å². The van der Waals surface area contributed by atoms with Crippen molar-refractivity contribution in [3.05, 3.63) is 70.1 Å². The van der Waals surface area contributed by atoms with Crippen LogP contribution in [0.3, 0.4) is 0 Å². The average molecular weight is 395 g/mol. The zero-order valence-corrected chi connectivity index (χ0v) is 15.5. The molecule has 1 aliphatic heterocycles. The van der Waals surface area contributed by atoms with Crippen LogP contribution in [0.1, 0.15) is 24.5 Å². The van der Waals surface area contributed by atoms with Crippen molar-refractivity contribution in [2.75, 3.05) is 6.61 Å². The number of non-ortho nitro benzene ring substituents is 1. The molecule has 1 aromatic heterocycles.